The second-order valence-electron chi connectivity index (χ2n) is 6.18. The first-order valence-electron chi connectivity index (χ1n) is 7.56. The van der Waals surface area contributed by atoms with E-state index in [9.17, 15) is 13.6 Å². The topological polar surface area (TPSA) is 41.1 Å². The van der Waals surface area contributed by atoms with Crippen molar-refractivity contribution in [2.45, 2.75) is 31.7 Å². The maximum absolute atomic E-state index is 13.1. The maximum atomic E-state index is 13.1. The molecule has 1 aliphatic heterocycles. The lowest BCUT2D eigenvalue weighted by Gasteiger charge is -2.31. The second kappa shape index (κ2) is 6.10. The molecule has 114 valence electrons. The molecule has 1 saturated heterocycles. The van der Waals surface area contributed by atoms with Crippen LogP contribution in [0.3, 0.4) is 0 Å². The van der Waals surface area contributed by atoms with Gasteiger partial charge in [0.2, 0.25) is 5.91 Å². The highest BCUT2D eigenvalue weighted by atomic mass is 19.2. The molecule has 3 atom stereocenters. The first-order chi connectivity index (χ1) is 10.1. The van der Waals surface area contributed by atoms with Gasteiger partial charge in [-0.25, -0.2) is 8.78 Å². The van der Waals surface area contributed by atoms with E-state index >= 15 is 0 Å². The normalized spacial score (nSPS) is 28.2. The summed E-state index contributed by atoms with van der Waals surface area (Å²) in [5, 5.41) is 6.43. The number of hydrogen-bond acceptors (Lipinski definition) is 2. The fraction of sp³-hybridized carbons (Fsp3) is 0.562. The van der Waals surface area contributed by atoms with E-state index in [1.54, 1.807) is 0 Å². The van der Waals surface area contributed by atoms with Crippen molar-refractivity contribution in [1.82, 2.24) is 10.6 Å². The van der Waals surface area contributed by atoms with Crippen molar-refractivity contribution in [3.8, 4) is 0 Å². The maximum Gasteiger partial charge on any atom is 0.224 e. The van der Waals surface area contributed by atoms with Crippen molar-refractivity contribution in [3.63, 3.8) is 0 Å². The fourth-order valence-electron chi connectivity index (χ4n) is 3.54. The van der Waals surface area contributed by atoms with Gasteiger partial charge in [0, 0.05) is 6.04 Å². The second-order valence-corrected chi connectivity index (χ2v) is 6.18. The van der Waals surface area contributed by atoms with Crippen molar-refractivity contribution < 1.29 is 13.6 Å². The number of benzene rings is 1. The van der Waals surface area contributed by atoms with Gasteiger partial charge >= 0.3 is 0 Å². The predicted octanol–water partition coefficient (Wildman–Crippen LogP) is 2.01. The molecule has 21 heavy (non-hydrogen) atoms. The van der Waals surface area contributed by atoms with Gasteiger partial charge in [0.25, 0.3) is 0 Å². The fourth-order valence-corrected chi connectivity index (χ4v) is 3.54. The van der Waals surface area contributed by atoms with Gasteiger partial charge < -0.3 is 10.6 Å². The average molecular weight is 294 g/mol. The van der Waals surface area contributed by atoms with Crippen LogP contribution in [0.1, 0.15) is 24.8 Å². The van der Waals surface area contributed by atoms with Crippen LogP contribution in [0.4, 0.5) is 8.78 Å². The van der Waals surface area contributed by atoms with Crippen LogP contribution in [0.25, 0.3) is 0 Å². The Labute approximate surface area is 123 Å². The summed E-state index contributed by atoms with van der Waals surface area (Å²) >= 11 is 0. The summed E-state index contributed by atoms with van der Waals surface area (Å²) in [7, 11) is 0. The zero-order chi connectivity index (χ0) is 14.8. The van der Waals surface area contributed by atoms with Crippen LogP contribution in [0.5, 0.6) is 0 Å². The highest BCUT2D eigenvalue weighted by molar-refractivity contribution is 5.78. The summed E-state index contributed by atoms with van der Waals surface area (Å²) in [4.78, 5) is 12.0. The number of fused-ring (bicyclic) bond motifs is 1. The molecule has 0 aromatic heterocycles. The zero-order valence-electron chi connectivity index (χ0n) is 11.9. The molecule has 3 nitrogen and oxygen atoms in total. The van der Waals surface area contributed by atoms with Gasteiger partial charge in [0.1, 0.15) is 0 Å². The monoisotopic (exact) mass is 294 g/mol. The van der Waals surface area contributed by atoms with E-state index in [0.717, 1.165) is 50.4 Å². The minimum atomic E-state index is -0.905. The molecule has 1 heterocycles. The Balaban J connectivity index is 1.53. The van der Waals surface area contributed by atoms with Crippen LogP contribution in [0, 0.1) is 23.5 Å². The van der Waals surface area contributed by atoms with Crippen molar-refractivity contribution in [2.75, 3.05) is 13.1 Å². The Morgan fingerprint density at radius 1 is 1.19 bits per heavy atom. The number of carbonyl (C=O) groups excluding carboxylic acids is 1. The third-order valence-corrected chi connectivity index (χ3v) is 4.67. The Morgan fingerprint density at radius 3 is 2.81 bits per heavy atom. The largest absolute Gasteiger partial charge is 0.353 e. The quantitative estimate of drug-likeness (QED) is 0.895. The predicted molar refractivity (Wildman–Crippen MR) is 75.7 cm³/mol. The molecule has 1 aromatic rings. The Hall–Kier alpha value is -1.49. The SMILES string of the molecule is O=C(Cc1ccc(F)c(F)c1)NC1CC[C@H]2CNC[C@H]2C1. The number of hydrogen-bond donors (Lipinski definition) is 2. The molecule has 0 spiro atoms. The smallest absolute Gasteiger partial charge is 0.224 e. The van der Waals surface area contributed by atoms with Gasteiger partial charge in [-0.1, -0.05) is 6.07 Å². The van der Waals surface area contributed by atoms with Crippen molar-refractivity contribution in [1.29, 1.82) is 0 Å². The molecule has 1 aromatic carbocycles. The molecule has 3 rings (SSSR count). The van der Waals surface area contributed by atoms with E-state index in [1.165, 1.54) is 6.07 Å². The molecule has 1 saturated carbocycles. The molecule has 0 bridgehead atoms. The van der Waals surface area contributed by atoms with Crippen molar-refractivity contribution >= 4 is 5.91 Å². The summed E-state index contributed by atoms with van der Waals surface area (Å²) < 4.78 is 26.0. The summed E-state index contributed by atoms with van der Waals surface area (Å²) in [5.74, 6) is -0.490. The highest BCUT2D eigenvalue weighted by Gasteiger charge is 2.34. The van der Waals surface area contributed by atoms with Gasteiger partial charge in [0.05, 0.1) is 6.42 Å². The van der Waals surface area contributed by atoms with E-state index in [-0.39, 0.29) is 18.4 Å². The molecule has 1 amide bonds. The van der Waals surface area contributed by atoms with E-state index in [2.05, 4.69) is 10.6 Å². The molecular weight excluding hydrogens is 274 g/mol. The number of carbonyl (C=O) groups is 1. The third kappa shape index (κ3) is 3.40. The first kappa shape index (κ1) is 14.4. The summed E-state index contributed by atoms with van der Waals surface area (Å²) in [6, 6.07) is 3.82. The summed E-state index contributed by atoms with van der Waals surface area (Å²) in [6.07, 6.45) is 3.27. The molecule has 2 N–H and O–H groups in total. The number of rotatable bonds is 3. The molecular formula is C16H20F2N2O. The Kier molecular flexibility index (Phi) is 4.19. The molecule has 1 aliphatic carbocycles. The van der Waals surface area contributed by atoms with Gasteiger partial charge in [0.15, 0.2) is 11.6 Å². The van der Waals surface area contributed by atoms with E-state index < -0.39 is 11.6 Å². The van der Waals surface area contributed by atoms with Gasteiger partial charge in [-0.15, -0.1) is 0 Å². The minimum Gasteiger partial charge on any atom is -0.353 e. The zero-order valence-corrected chi connectivity index (χ0v) is 11.9. The van der Waals surface area contributed by atoms with E-state index in [1.807, 2.05) is 0 Å². The van der Waals surface area contributed by atoms with Crippen molar-refractivity contribution in [2.24, 2.45) is 11.8 Å². The van der Waals surface area contributed by atoms with Crippen LogP contribution in [0.2, 0.25) is 0 Å². The summed E-state index contributed by atoms with van der Waals surface area (Å²) in [5.41, 5.74) is 0.502. The van der Waals surface area contributed by atoms with Gasteiger partial charge in [-0.05, 0) is 61.9 Å². The van der Waals surface area contributed by atoms with Gasteiger partial charge in [-0.2, -0.15) is 0 Å². The molecule has 2 fully saturated rings. The van der Waals surface area contributed by atoms with E-state index in [4.69, 9.17) is 0 Å². The number of halogens is 2. The Morgan fingerprint density at radius 2 is 2.00 bits per heavy atom. The van der Waals surface area contributed by atoms with Crippen LogP contribution in [-0.2, 0) is 11.2 Å². The number of amides is 1. The van der Waals surface area contributed by atoms with Crippen molar-refractivity contribution in [3.05, 3.63) is 35.4 Å². The molecule has 1 unspecified atom stereocenters. The van der Waals surface area contributed by atoms with Crippen LogP contribution in [0.15, 0.2) is 18.2 Å². The third-order valence-electron chi connectivity index (χ3n) is 4.67. The highest BCUT2D eigenvalue weighted by Crippen LogP contribution is 2.32. The standard InChI is InChI=1S/C16H20F2N2O/c17-14-4-1-10(5-15(14)18)6-16(21)20-13-3-2-11-8-19-9-12(11)7-13/h1,4-5,11-13,19H,2-3,6-9H2,(H,20,21)/t11-,12+,13?/m0/s1. The first-order valence-corrected chi connectivity index (χ1v) is 7.56. The molecule has 0 radical (unpaired) electrons. The average Bonchev–Trinajstić information content (AvgIpc) is 2.90. The lowest BCUT2D eigenvalue weighted by Crippen LogP contribution is -2.41. The summed E-state index contributed by atoms with van der Waals surface area (Å²) in [6.45, 7) is 2.14. The number of nitrogens with one attached hydrogen (secondary N) is 2. The van der Waals surface area contributed by atoms with E-state index in [0.29, 0.717) is 11.5 Å². The lowest BCUT2D eigenvalue weighted by molar-refractivity contribution is -0.121. The minimum absolute atomic E-state index is 0.0973. The Bertz CT molecular complexity index is 535. The van der Waals surface area contributed by atoms with Crippen LogP contribution >= 0.6 is 0 Å². The van der Waals surface area contributed by atoms with Crippen LogP contribution in [-0.4, -0.2) is 25.0 Å². The lowest BCUT2D eigenvalue weighted by atomic mass is 9.79. The molecule has 5 heteroatoms. The van der Waals surface area contributed by atoms with Crippen LogP contribution < -0.4 is 10.6 Å². The van der Waals surface area contributed by atoms with Gasteiger partial charge in [-0.3, -0.25) is 4.79 Å². The molecule has 2 aliphatic rings.